The zero-order chi connectivity index (χ0) is 13.0. The summed E-state index contributed by atoms with van der Waals surface area (Å²) in [4.78, 5) is 11.2. The van der Waals surface area contributed by atoms with E-state index in [1.165, 1.54) is 0 Å². The molecule has 1 aromatic heterocycles. The van der Waals surface area contributed by atoms with Crippen LogP contribution in [0.1, 0.15) is 23.8 Å². The molecule has 94 valence electrons. The summed E-state index contributed by atoms with van der Waals surface area (Å²) in [6.07, 6.45) is 0.931. The number of aromatic nitrogens is 3. The van der Waals surface area contributed by atoms with Crippen molar-refractivity contribution in [1.29, 1.82) is 0 Å². The Bertz CT molecular complexity index is 551. The number of aromatic amines is 1. The van der Waals surface area contributed by atoms with Crippen LogP contribution in [0, 0.1) is 0 Å². The number of rotatable bonds is 5. The van der Waals surface area contributed by atoms with Crippen LogP contribution in [0.5, 0.6) is 5.75 Å². The van der Waals surface area contributed by atoms with Crippen molar-refractivity contribution in [2.24, 2.45) is 5.73 Å². The van der Waals surface area contributed by atoms with Gasteiger partial charge in [0, 0.05) is 5.56 Å². The van der Waals surface area contributed by atoms with Gasteiger partial charge in [0.25, 0.3) is 5.91 Å². The molecule has 0 aliphatic heterocycles. The van der Waals surface area contributed by atoms with Crippen LogP contribution in [0.3, 0.4) is 0 Å². The molecule has 18 heavy (non-hydrogen) atoms. The highest BCUT2D eigenvalue weighted by Gasteiger charge is 2.15. The zero-order valence-electron chi connectivity index (χ0n) is 10.0. The summed E-state index contributed by atoms with van der Waals surface area (Å²) in [7, 11) is 0. The van der Waals surface area contributed by atoms with Crippen molar-refractivity contribution in [3.05, 3.63) is 30.0 Å². The lowest BCUT2D eigenvalue weighted by Gasteiger charge is -2.05. The molecule has 1 aromatic carbocycles. The van der Waals surface area contributed by atoms with Crippen LogP contribution in [-0.4, -0.2) is 27.9 Å². The van der Waals surface area contributed by atoms with Gasteiger partial charge in [0.15, 0.2) is 5.69 Å². The van der Waals surface area contributed by atoms with Crippen molar-refractivity contribution in [2.75, 3.05) is 6.61 Å². The highest BCUT2D eigenvalue weighted by molar-refractivity contribution is 5.96. The maximum Gasteiger partial charge on any atom is 0.271 e. The number of primary amides is 1. The summed E-state index contributed by atoms with van der Waals surface area (Å²) in [5, 5.41) is 10.1. The van der Waals surface area contributed by atoms with Crippen LogP contribution in [0.2, 0.25) is 0 Å². The molecule has 0 bridgehead atoms. The third-order valence-electron chi connectivity index (χ3n) is 2.36. The number of hydrogen-bond acceptors (Lipinski definition) is 4. The lowest BCUT2D eigenvalue weighted by molar-refractivity contribution is 0.0996. The third kappa shape index (κ3) is 2.48. The van der Waals surface area contributed by atoms with Gasteiger partial charge in [-0.05, 0) is 18.6 Å². The Labute approximate surface area is 104 Å². The van der Waals surface area contributed by atoms with Crippen molar-refractivity contribution in [2.45, 2.75) is 13.3 Å². The first-order valence-electron chi connectivity index (χ1n) is 5.66. The molecular formula is C12H14N4O2. The number of H-pyrrole nitrogens is 1. The second-order valence-electron chi connectivity index (χ2n) is 3.76. The first kappa shape index (κ1) is 12.1. The molecule has 0 atom stereocenters. The van der Waals surface area contributed by atoms with Crippen molar-refractivity contribution in [3.63, 3.8) is 0 Å². The Morgan fingerprint density at radius 2 is 2.28 bits per heavy atom. The summed E-state index contributed by atoms with van der Waals surface area (Å²) >= 11 is 0. The summed E-state index contributed by atoms with van der Waals surface area (Å²) in [6.45, 7) is 2.68. The van der Waals surface area contributed by atoms with Gasteiger partial charge in [-0.2, -0.15) is 15.4 Å². The van der Waals surface area contributed by atoms with Gasteiger partial charge < -0.3 is 10.5 Å². The number of carbonyl (C=O) groups is 1. The highest BCUT2D eigenvalue weighted by Crippen LogP contribution is 2.23. The Morgan fingerprint density at radius 1 is 1.44 bits per heavy atom. The molecule has 0 spiro atoms. The van der Waals surface area contributed by atoms with Crippen LogP contribution >= 0.6 is 0 Å². The van der Waals surface area contributed by atoms with E-state index in [0.29, 0.717) is 12.3 Å². The minimum absolute atomic E-state index is 0.127. The molecule has 1 heterocycles. The predicted octanol–water partition coefficient (Wildman–Crippen LogP) is 1.36. The Kier molecular flexibility index (Phi) is 3.57. The fourth-order valence-corrected chi connectivity index (χ4v) is 1.56. The molecule has 6 heteroatoms. The second kappa shape index (κ2) is 5.31. The Hall–Kier alpha value is -2.37. The molecule has 3 N–H and O–H groups in total. The topological polar surface area (TPSA) is 93.9 Å². The van der Waals surface area contributed by atoms with Crippen molar-refractivity contribution in [3.8, 4) is 17.0 Å². The van der Waals surface area contributed by atoms with Crippen LogP contribution in [0.4, 0.5) is 0 Å². The quantitative estimate of drug-likeness (QED) is 0.832. The summed E-state index contributed by atoms with van der Waals surface area (Å²) in [5.74, 6) is 0.117. The van der Waals surface area contributed by atoms with Crippen molar-refractivity contribution < 1.29 is 9.53 Å². The molecule has 0 aliphatic rings. The van der Waals surface area contributed by atoms with E-state index in [4.69, 9.17) is 10.5 Å². The minimum atomic E-state index is -0.612. The van der Waals surface area contributed by atoms with E-state index in [1.807, 2.05) is 25.1 Å². The number of hydrogen-bond donors (Lipinski definition) is 2. The maximum absolute atomic E-state index is 11.2. The van der Waals surface area contributed by atoms with Gasteiger partial charge in [0.1, 0.15) is 11.4 Å². The number of amides is 1. The van der Waals surface area contributed by atoms with Crippen LogP contribution in [0.25, 0.3) is 11.3 Å². The molecule has 2 rings (SSSR count). The number of nitrogens with one attached hydrogen (secondary N) is 1. The fourth-order valence-electron chi connectivity index (χ4n) is 1.56. The third-order valence-corrected chi connectivity index (χ3v) is 2.36. The van der Waals surface area contributed by atoms with Gasteiger partial charge in [-0.15, -0.1) is 0 Å². The van der Waals surface area contributed by atoms with E-state index < -0.39 is 5.91 Å². The van der Waals surface area contributed by atoms with Gasteiger partial charge in [0.2, 0.25) is 0 Å². The average Bonchev–Trinajstić information content (AvgIpc) is 2.86. The minimum Gasteiger partial charge on any atom is -0.494 e. The van der Waals surface area contributed by atoms with E-state index >= 15 is 0 Å². The smallest absolute Gasteiger partial charge is 0.271 e. The molecule has 0 aliphatic carbocycles. The normalized spacial score (nSPS) is 10.3. The number of carbonyl (C=O) groups excluding carboxylic acids is 1. The molecule has 0 saturated carbocycles. The second-order valence-corrected chi connectivity index (χ2v) is 3.76. The molecule has 0 unspecified atom stereocenters. The standard InChI is InChI=1S/C12H14N4O2/c1-2-6-18-9-5-3-4-8(7-9)10-11(12(13)17)15-16-14-10/h3-5,7H,2,6H2,1H3,(H2,13,17)(H,14,15,16). The van der Waals surface area contributed by atoms with Gasteiger partial charge in [-0.3, -0.25) is 4.79 Å². The molecular weight excluding hydrogens is 232 g/mol. The van der Waals surface area contributed by atoms with E-state index in [2.05, 4.69) is 15.4 Å². The van der Waals surface area contributed by atoms with Crippen LogP contribution in [-0.2, 0) is 0 Å². The van der Waals surface area contributed by atoms with E-state index in [1.54, 1.807) is 6.07 Å². The first-order valence-corrected chi connectivity index (χ1v) is 5.66. The van der Waals surface area contributed by atoms with Crippen molar-refractivity contribution in [1.82, 2.24) is 15.4 Å². The van der Waals surface area contributed by atoms with Gasteiger partial charge in [-0.1, -0.05) is 19.1 Å². The highest BCUT2D eigenvalue weighted by atomic mass is 16.5. The van der Waals surface area contributed by atoms with Gasteiger partial charge in [0.05, 0.1) is 6.61 Å². The molecule has 0 saturated heterocycles. The fraction of sp³-hybridized carbons (Fsp3) is 0.250. The summed E-state index contributed by atoms with van der Waals surface area (Å²) < 4.78 is 5.52. The van der Waals surface area contributed by atoms with E-state index in [-0.39, 0.29) is 5.69 Å². The number of benzene rings is 1. The monoisotopic (exact) mass is 246 g/mol. The molecule has 2 aromatic rings. The molecule has 1 amide bonds. The summed E-state index contributed by atoms with van der Waals surface area (Å²) in [6, 6.07) is 7.31. The Balaban J connectivity index is 2.32. The number of ether oxygens (including phenoxy) is 1. The lowest BCUT2D eigenvalue weighted by Crippen LogP contribution is -2.12. The van der Waals surface area contributed by atoms with Crippen LogP contribution < -0.4 is 10.5 Å². The molecule has 0 fully saturated rings. The average molecular weight is 246 g/mol. The van der Waals surface area contributed by atoms with Crippen molar-refractivity contribution >= 4 is 5.91 Å². The van der Waals surface area contributed by atoms with E-state index in [9.17, 15) is 4.79 Å². The Morgan fingerprint density at radius 3 is 3.00 bits per heavy atom. The van der Waals surface area contributed by atoms with Crippen LogP contribution in [0.15, 0.2) is 24.3 Å². The maximum atomic E-state index is 11.2. The molecule has 0 radical (unpaired) electrons. The SMILES string of the molecule is CCCOc1cccc(-c2n[nH]nc2C(N)=O)c1. The van der Waals surface area contributed by atoms with Gasteiger partial charge in [-0.25, -0.2) is 0 Å². The largest absolute Gasteiger partial charge is 0.494 e. The zero-order valence-corrected chi connectivity index (χ0v) is 10.0. The first-order chi connectivity index (χ1) is 8.72. The molecule has 6 nitrogen and oxygen atoms in total. The number of nitrogens with zero attached hydrogens (tertiary/aromatic N) is 2. The summed E-state index contributed by atoms with van der Waals surface area (Å²) in [5.41, 5.74) is 6.53. The van der Waals surface area contributed by atoms with Gasteiger partial charge >= 0.3 is 0 Å². The number of nitrogens with two attached hydrogens (primary N) is 1. The lowest BCUT2D eigenvalue weighted by atomic mass is 10.1. The predicted molar refractivity (Wildman–Crippen MR) is 66.1 cm³/mol. The van der Waals surface area contributed by atoms with E-state index in [0.717, 1.165) is 17.7 Å².